The predicted octanol–water partition coefficient (Wildman–Crippen LogP) is 5.14. The molecular weight excluding hydrogens is 342 g/mol. The molecule has 0 unspecified atom stereocenters. The number of methoxy groups -OCH3 is 2. The smallest absolute Gasteiger partial charge is 0.337 e. The maximum Gasteiger partial charge on any atom is 0.337 e. The van der Waals surface area contributed by atoms with Crippen LogP contribution in [0.4, 0.5) is 0 Å². The number of esters is 2. The van der Waals surface area contributed by atoms with Gasteiger partial charge in [0.1, 0.15) is 0 Å². The van der Waals surface area contributed by atoms with E-state index >= 15 is 0 Å². The summed E-state index contributed by atoms with van der Waals surface area (Å²) in [4.78, 5) is 23.0. The molecule has 0 fully saturated rings. The summed E-state index contributed by atoms with van der Waals surface area (Å²) in [5.41, 5.74) is 2.89. The van der Waals surface area contributed by atoms with E-state index in [1.807, 2.05) is 18.2 Å². The molecule has 1 aromatic heterocycles. The normalized spacial score (nSPS) is 10.3. The molecule has 27 heavy (non-hydrogen) atoms. The van der Waals surface area contributed by atoms with Gasteiger partial charge in [-0.15, -0.1) is 0 Å². The third-order valence-electron chi connectivity index (χ3n) is 4.16. The van der Waals surface area contributed by atoms with Crippen molar-refractivity contribution in [3.8, 4) is 0 Å². The van der Waals surface area contributed by atoms with Gasteiger partial charge in [-0.3, -0.25) is 4.79 Å². The molecule has 2 rings (SSSR count). The molecule has 1 heterocycles. The highest BCUT2D eigenvalue weighted by atomic mass is 16.5. The summed E-state index contributed by atoms with van der Waals surface area (Å²) in [6.07, 6.45) is 7.58. The number of nitrogens with zero attached hydrogens (tertiary/aromatic N) is 1. The topological polar surface area (TPSA) is 57.5 Å². The van der Waals surface area contributed by atoms with Gasteiger partial charge in [-0.1, -0.05) is 39.7 Å². The van der Waals surface area contributed by atoms with E-state index in [2.05, 4.69) is 36.3 Å². The van der Waals surface area contributed by atoms with E-state index in [-0.39, 0.29) is 11.9 Å². The molecule has 0 amide bonds. The van der Waals surface area contributed by atoms with Gasteiger partial charge in [0.15, 0.2) is 0 Å². The average molecular weight is 376 g/mol. The Hall–Kier alpha value is -2.30. The second-order valence-corrected chi connectivity index (χ2v) is 6.56. The second-order valence-electron chi connectivity index (χ2n) is 6.56. The standard InChI is InChI=1S/C19H25NO4.C3H8/c1-4-7-15-13-20(11-6-5-8-18(21)23-2)17-12-14(19(22)24-3)9-10-16(15)17;1-3-2/h9-10,12-13H,4-8,11H2,1-3H3;3H2,1-2H3. The van der Waals surface area contributed by atoms with Crippen molar-refractivity contribution in [2.45, 2.75) is 65.8 Å². The van der Waals surface area contributed by atoms with Gasteiger partial charge >= 0.3 is 11.9 Å². The van der Waals surface area contributed by atoms with Gasteiger partial charge < -0.3 is 14.0 Å². The molecule has 5 heteroatoms. The highest BCUT2D eigenvalue weighted by Crippen LogP contribution is 2.25. The van der Waals surface area contributed by atoms with Crippen LogP contribution in [0.15, 0.2) is 24.4 Å². The highest BCUT2D eigenvalue weighted by Gasteiger charge is 2.12. The molecule has 0 aliphatic rings. The number of carbonyl (C=O) groups excluding carboxylic acids is 2. The van der Waals surface area contributed by atoms with Crippen LogP contribution in [-0.4, -0.2) is 30.7 Å². The third kappa shape index (κ3) is 6.74. The maximum atomic E-state index is 11.8. The molecule has 0 saturated heterocycles. The Morgan fingerprint density at radius 1 is 1.04 bits per heavy atom. The van der Waals surface area contributed by atoms with E-state index in [0.29, 0.717) is 12.0 Å². The van der Waals surface area contributed by atoms with Crippen LogP contribution in [0.1, 0.15) is 68.8 Å². The number of benzene rings is 1. The lowest BCUT2D eigenvalue weighted by molar-refractivity contribution is -0.140. The van der Waals surface area contributed by atoms with Crippen LogP contribution in [0.5, 0.6) is 0 Å². The van der Waals surface area contributed by atoms with Crippen LogP contribution in [0, 0.1) is 0 Å². The van der Waals surface area contributed by atoms with E-state index in [4.69, 9.17) is 4.74 Å². The Balaban J connectivity index is 0.00000114. The van der Waals surface area contributed by atoms with Crippen LogP contribution in [0.25, 0.3) is 10.9 Å². The van der Waals surface area contributed by atoms with Crippen molar-refractivity contribution < 1.29 is 19.1 Å². The summed E-state index contributed by atoms with van der Waals surface area (Å²) in [6, 6.07) is 5.70. The molecule has 0 aliphatic carbocycles. The van der Waals surface area contributed by atoms with E-state index < -0.39 is 0 Å². The molecule has 0 bridgehead atoms. The van der Waals surface area contributed by atoms with Crippen molar-refractivity contribution >= 4 is 22.8 Å². The molecule has 0 radical (unpaired) electrons. The number of aryl methyl sites for hydroxylation is 2. The lowest BCUT2D eigenvalue weighted by Gasteiger charge is -2.06. The van der Waals surface area contributed by atoms with Gasteiger partial charge in [0.2, 0.25) is 0 Å². The van der Waals surface area contributed by atoms with Crippen molar-refractivity contribution in [1.29, 1.82) is 0 Å². The number of ether oxygens (including phenoxy) is 2. The summed E-state index contributed by atoms with van der Waals surface area (Å²) in [5, 5.41) is 1.18. The first-order chi connectivity index (χ1) is 13.0. The molecule has 0 spiro atoms. The summed E-state index contributed by atoms with van der Waals surface area (Å²) in [7, 11) is 2.80. The van der Waals surface area contributed by atoms with Crippen molar-refractivity contribution in [2.24, 2.45) is 0 Å². The zero-order chi connectivity index (χ0) is 20.2. The Morgan fingerprint density at radius 3 is 2.33 bits per heavy atom. The zero-order valence-electron chi connectivity index (χ0n) is 17.3. The van der Waals surface area contributed by atoms with E-state index in [9.17, 15) is 9.59 Å². The zero-order valence-corrected chi connectivity index (χ0v) is 17.3. The van der Waals surface area contributed by atoms with Crippen LogP contribution < -0.4 is 0 Å². The first-order valence-corrected chi connectivity index (χ1v) is 9.79. The van der Waals surface area contributed by atoms with Crippen LogP contribution in [-0.2, 0) is 27.2 Å². The van der Waals surface area contributed by atoms with E-state index in [1.54, 1.807) is 0 Å². The first kappa shape index (κ1) is 22.7. The van der Waals surface area contributed by atoms with E-state index in [0.717, 1.165) is 37.7 Å². The van der Waals surface area contributed by atoms with Crippen molar-refractivity contribution in [3.05, 3.63) is 35.5 Å². The fourth-order valence-corrected chi connectivity index (χ4v) is 2.92. The van der Waals surface area contributed by atoms with Gasteiger partial charge in [0, 0.05) is 30.1 Å². The van der Waals surface area contributed by atoms with Gasteiger partial charge in [-0.2, -0.15) is 0 Å². The number of unbranched alkanes of at least 4 members (excludes halogenated alkanes) is 1. The second kappa shape index (κ2) is 12.2. The van der Waals surface area contributed by atoms with Crippen molar-refractivity contribution in [3.63, 3.8) is 0 Å². The van der Waals surface area contributed by atoms with Crippen molar-refractivity contribution in [1.82, 2.24) is 4.57 Å². The number of fused-ring (bicyclic) bond motifs is 1. The van der Waals surface area contributed by atoms with Gasteiger partial charge in [-0.05, 0) is 37.0 Å². The molecule has 0 aliphatic heterocycles. The Bertz CT molecular complexity index is 733. The van der Waals surface area contributed by atoms with Crippen LogP contribution in [0.3, 0.4) is 0 Å². The highest BCUT2D eigenvalue weighted by molar-refractivity contribution is 5.95. The molecule has 2 aromatic rings. The summed E-state index contributed by atoms with van der Waals surface area (Å²) in [6.45, 7) is 7.21. The molecule has 150 valence electrons. The fourth-order valence-electron chi connectivity index (χ4n) is 2.92. The summed E-state index contributed by atoms with van der Waals surface area (Å²) >= 11 is 0. The first-order valence-electron chi connectivity index (χ1n) is 9.79. The minimum absolute atomic E-state index is 0.174. The molecule has 0 saturated carbocycles. The summed E-state index contributed by atoms with van der Waals surface area (Å²) in [5.74, 6) is -0.501. The van der Waals surface area contributed by atoms with Crippen LogP contribution >= 0.6 is 0 Å². The lowest BCUT2D eigenvalue weighted by Crippen LogP contribution is -2.03. The fraction of sp³-hybridized carbons (Fsp3) is 0.545. The van der Waals surface area contributed by atoms with Gasteiger partial charge in [0.25, 0.3) is 0 Å². The number of rotatable bonds is 8. The Labute approximate surface area is 162 Å². The van der Waals surface area contributed by atoms with Gasteiger partial charge in [-0.25, -0.2) is 4.79 Å². The monoisotopic (exact) mass is 375 g/mol. The molecule has 1 aromatic carbocycles. The maximum absolute atomic E-state index is 11.8. The molecular formula is C22H33NO4. The average Bonchev–Trinajstić information content (AvgIpc) is 3.02. The largest absolute Gasteiger partial charge is 0.469 e. The third-order valence-corrected chi connectivity index (χ3v) is 4.16. The van der Waals surface area contributed by atoms with Crippen LogP contribution in [0.2, 0.25) is 0 Å². The van der Waals surface area contributed by atoms with Crippen molar-refractivity contribution in [2.75, 3.05) is 14.2 Å². The number of hydrogen-bond acceptors (Lipinski definition) is 4. The Kier molecular flexibility index (Phi) is 10.2. The molecule has 0 N–H and O–H groups in total. The van der Waals surface area contributed by atoms with E-state index in [1.165, 1.54) is 31.6 Å². The van der Waals surface area contributed by atoms with Gasteiger partial charge in [0.05, 0.1) is 19.8 Å². The Morgan fingerprint density at radius 2 is 1.74 bits per heavy atom. The minimum atomic E-state index is -0.326. The predicted molar refractivity (Wildman–Crippen MR) is 109 cm³/mol. The SMILES string of the molecule is CCC.CCCc1cn(CCCCC(=O)OC)c2cc(C(=O)OC)ccc12. The number of carbonyl (C=O) groups is 2. The molecule has 0 atom stereocenters. The number of aromatic nitrogens is 1. The minimum Gasteiger partial charge on any atom is -0.469 e. The number of hydrogen-bond donors (Lipinski definition) is 0. The lowest BCUT2D eigenvalue weighted by atomic mass is 10.1. The summed E-state index contributed by atoms with van der Waals surface area (Å²) < 4.78 is 11.7. The molecule has 5 nitrogen and oxygen atoms in total. The quantitative estimate of drug-likeness (QED) is 0.473.